The first-order chi connectivity index (χ1) is 8.70. The molecule has 0 bridgehead atoms. The minimum atomic E-state index is 0.393. The third kappa shape index (κ3) is 3.54. The maximum atomic E-state index is 3.64. The molecule has 1 fully saturated rings. The smallest absolute Gasteiger partial charge is 0.0344 e. The Labute approximate surface area is 118 Å². The van der Waals surface area contributed by atoms with Crippen molar-refractivity contribution < 1.29 is 0 Å². The minimum Gasteiger partial charge on any atom is -0.313 e. The molecule has 1 aromatic carbocycles. The van der Waals surface area contributed by atoms with Gasteiger partial charge in [0.1, 0.15) is 0 Å². The first kappa shape index (κ1) is 14.0. The summed E-state index contributed by atoms with van der Waals surface area (Å²) in [6, 6.07) is 9.42. The van der Waals surface area contributed by atoms with Crippen molar-refractivity contribution in [3.05, 3.63) is 34.3 Å². The number of hydrogen-bond donors (Lipinski definition) is 2. The van der Waals surface area contributed by atoms with Crippen LogP contribution in [0.1, 0.15) is 18.0 Å². The van der Waals surface area contributed by atoms with E-state index in [1.54, 1.807) is 0 Å². The van der Waals surface area contributed by atoms with Gasteiger partial charge in [-0.2, -0.15) is 0 Å². The average Bonchev–Trinajstić information content (AvgIpc) is 2.37. The first-order valence-corrected chi connectivity index (χ1v) is 7.33. The number of benzene rings is 1. The van der Waals surface area contributed by atoms with E-state index in [0.29, 0.717) is 12.1 Å². The van der Waals surface area contributed by atoms with E-state index in [1.807, 2.05) is 7.05 Å². The van der Waals surface area contributed by atoms with Gasteiger partial charge in [0.25, 0.3) is 0 Å². The van der Waals surface area contributed by atoms with Gasteiger partial charge in [-0.25, -0.2) is 0 Å². The average molecular weight is 312 g/mol. The lowest BCUT2D eigenvalue weighted by atomic mass is 9.98. The Balaban J connectivity index is 2.03. The number of nitrogens with one attached hydrogen (secondary N) is 2. The van der Waals surface area contributed by atoms with Crippen molar-refractivity contribution in [1.29, 1.82) is 0 Å². The van der Waals surface area contributed by atoms with Crippen molar-refractivity contribution in [3.63, 3.8) is 0 Å². The van der Waals surface area contributed by atoms with Crippen LogP contribution in [0.5, 0.6) is 0 Å². The van der Waals surface area contributed by atoms with E-state index < -0.39 is 0 Å². The SMILES string of the molecule is CNC(CC1CN(C)CCN1)c1ccccc1Br. The third-order valence-corrected chi connectivity index (χ3v) is 4.33. The van der Waals surface area contributed by atoms with E-state index in [9.17, 15) is 0 Å². The van der Waals surface area contributed by atoms with Crippen molar-refractivity contribution in [3.8, 4) is 0 Å². The zero-order valence-electron chi connectivity index (χ0n) is 11.1. The highest BCUT2D eigenvalue weighted by atomic mass is 79.9. The van der Waals surface area contributed by atoms with Crippen molar-refractivity contribution in [2.45, 2.75) is 18.5 Å². The molecule has 3 nitrogen and oxygen atoms in total. The molecule has 1 aliphatic heterocycles. The Bertz CT molecular complexity index is 383. The molecule has 2 unspecified atom stereocenters. The maximum Gasteiger partial charge on any atom is 0.0344 e. The molecule has 1 heterocycles. The summed E-state index contributed by atoms with van der Waals surface area (Å²) in [5.74, 6) is 0. The minimum absolute atomic E-state index is 0.393. The standard InChI is InChI=1S/C14H22BrN3/c1-16-14(12-5-3-4-6-13(12)15)9-11-10-18(2)8-7-17-11/h3-6,11,14,16-17H,7-10H2,1-2H3. The molecule has 0 saturated carbocycles. The largest absolute Gasteiger partial charge is 0.313 e. The van der Waals surface area contributed by atoms with Gasteiger partial charge in [0.05, 0.1) is 0 Å². The highest BCUT2D eigenvalue weighted by Crippen LogP contribution is 2.26. The lowest BCUT2D eigenvalue weighted by molar-refractivity contribution is 0.222. The molecule has 2 N–H and O–H groups in total. The fraction of sp³-hybridized carbons (Fsp3) is 0.571. The van der Waals surface area contributed by atoms with Gasteiger partial charge in [0.2, 0.25) is 0 Å². The third-order valence-electron chi connectivity index (χ3n) is 3.61. The molecule has 0 aliphatic carbocycles. The van der Waals surface area contributed by atoms with Gasteiger partial charge in [-0.15, -0.1) is 0 Å². The predicted octanol–water partition coefficient (Wildman–Crippen LogP) is 2.00. The Kier molecular flexibility index (Phi) is 5.18. The van der Waals surface area contributed by atoms with Crippen LogP contribution in [0.2, 0.25) is 0 Å². The van der Waals surface area contributed by atoms with Gasteiger partial charge < -0.3 is 15.5 Å². The van der Waals surface area contributed by atoms with Gasteiger partial charge in [-0.3, -0.25) is 0 Å². The van der Waals surface area contributed by atoms with Crippen LogP contribution in [0, 0.1) is 0 Å². The Morgan fingerprint density at radius 3 is 2.94 bits per heavy atom. The van der Waals surface area contributed by atoms with E-state index in [0.717, 1.165) is 26.1 Å². The molecule has 1 aromatic rings. The Hall–Kier alpha value is -0.420. The molecule has 4 heteroatoms. The molecule has 0 radical (unpaired) electrons. The van der Waals surface area contributed by atoms with Crippen molar-refractivity contribution in [2.24, 2.45) is 0 Å². The molecule has 2 atom stereocenters. The van der Waals surface area contributed by atoms with Crippen LogP contribution in [-0.4, -0.2) is 44.7 Å². The summed E-state index contributed by atoms with van der Waals surface area (Å²) >= 11 is 3.64. The van der Waals surface area contributed by atoms with Crippen LogP contribution in [0.25, 0.3) is 0 Å². The summed E-state index contributed by atoms with van der Waals surface area (Å²) < 4.78 is 1.19. The molecule has 1 saturated heterocycles. The second-order valence-corrected chi connectivity index (χ2v) is 5.87. The topological polar surface area (TPSA) is 27.3 Å². The van der Waals surface area contributed by atoms with E-state index in [-0.39, 0.29) is 0 Å². The second kappa shape index (κ2) is 6.66. The van der Waals surface area contributed by atoms with E-state index in [4.69, 9.17) is 0 Å². The summed E-state index contributed by atoms with van der Waals surface area (Å²) in [5, 5.41) is 7.04. The summed E-state index contributed by atoms with van der Waals surface area (Å²) in [7, 11) is 4.23. The second-order valence-electron chi connectivity index (χ2n) is 5.01. The lowest BCUT2D eigenvalue weighted by Crippen LogP contribution is -2.50. The monoisotopic (exact) mass is 311 g/mol. The quantitative estimate of drug-likeness (QED) is 0.890. The molecule has 2 rings (SSSR count). The van der Waals surface area contributed by atoms with Crippen molar-refractivity contribution in [1.82, 2.24) is 15.5 Å². The van der Waals surface area contributed by atoms with Gasteiger partial charge in [0, 0.05) is 36.2 Å². The maximum absolute atomic E-state index is 3.64. The first-order valence-electron chi connectivity index (χ1n) is 6.54. The van der Waals surface area contributed by atoms with Gasteiger partial charge >= 0.3 is 0 Å². The van der Waals surface area contributed by atoms with E-state index in [1.165, 1.54) is 10.0 Å². The van der Waals surface area contributed by atoms with Crippen LogP contribution >= 0.6 is 15.9 Å². The predicted molar refractivity (Wildman–Crippen MR) is 79.8 cm³/mol. The summed E-state index contributed by atoms with van der Waals surface area (Å²) in [6.07, 6.45) is 1.11. The van der Waals surface area contributed by atoms with E-state index in [2.05, 4.69) is 62.8 Å². The molecule has 18 heavy (non-hydrogen) atoms. The van der Waals surface area contributed by atoms with Gasteiger partial charge in [-0.05, 0) is 32.1 Å². The number of halogens is 1. The Morgan fingerprint density at radius 1 is 1.50 bits per heavy atom. The molecular formula is C14H22BrN3. The van der Waals surface area contributed by atoms with Crippen LogP contribution in [0.4, 0.5) is 0 Å². The van der Waals surface area contributed by atoms with Crippen LogP contribution in [0.15, 0.2) is 28.7 Å². The number of likely N-dealkylation sites (N-methyl/N-ethyl adjacent to an activating group) is 1. The lowest BCUT2D eigenvalue weighted by Gasteiger charge is -2.33. The van der Waals surface area contributed by atoms with Crippen LogP contribution in [-0.2, 0) is 0 Å². The van der Waals surface area contributed by atoms with Gasteiger partial charge in [0.15, 0.2) is 0 Å². The number of nitrogens with zero attached hydrogens (tertiary/aromatic N) is 1. The molecule has 1 aliphatic rings. The number of piperazine rings is 1. The highest BCUT2D eigenvalue weighted by molar-refractivity contribution is 9.10. The van der Waals surface area contributed by atoms with Gasteiger partial charge in [-0.1, -0.05) is 34.1 Å². The Morgan fingerprint density at radius 2 is 2.28 bits per heavy atom. The molecule has 0 amide bonds. The normalized spacial score (nSPS) is 22.9. The summed E-state index contributed by atoms with van der Waals surface area (Å²) in [6.45, 7) is 3.37. The zero-order chi connectivity index (χ0) is 13.0. The summed E-state index contributed by atoms with van der Waals surface area (Å²) in [5.41, 5.74) is 1.34. The fourth-order valence-corrected chi connectivity index (χ4v) is 3.15. The number of hydrogen-bond acceptors (Lipinski definition) is 3. The zero-order valence-corrected chi connectivity index (χ0v) is 12.7. The van der Waals surface area contributed by atoms with Crippen molar-refractivity contribution in [2.75, 3.05) is 33.7 Å². The molecule has 0 aromatic heterocycles. The highest BCUT2D eigenvalue weighted by Gasteiger charge is 2.21. The molecule has 100 valence electrons. The molecule has 0 spiro atoms. The van der Waals surface area contributed by atoms with E-state index >= 15 is 0 Å². The van der Waals surface area contributed by atoms with Crippen LogP contribution in [0.3, 0.4) is 0 Å². The van der Waals surface area contributed by atoms with Crippen molar-refractivity contribution >= 4 is 15.9 Å². The molecular weight excluding hydrogens is 290 g/mol. The number of rotatable bonds is 4. The summed E-state index contributed by atoms with van der Waals surface area (Å²) in [4.78, 5) is 2.40. The fourth-order valence-electron chi connectivity index (χ4n) is 2.59. The van der Waals surface area contributed by atoms with Crippen LogP contribution < -0.4 is 10.6 Å².